The smallest absolute Gasteiger partial charge is 0.136 e. The average molecular weight is 293 g/mol. The minimum Gasteiger partial charge on any atom is -0.244 e. The van der Waals surface area contributed by atoms with Gasteiger partial charge in [-0.15, -0.1) is 0 Å². The summed E-state index contributed by atoms with van der Waals surface area (Å²) in [4.78, 5) is 3.97. The molecule has 0 saturated carbocycles. The molecule has 0 N–H and O–H groups in total. The number of aromatic nitrogens is 1. The highest BCUT2D eigenvalue weighted by Gasteiger charge is 2.14. The molecular weight excluding hydrogens is 288 g/mol. The Bertz CT molecular complexity index is 540. The number of benzene rings is 1. The molecule has 0 aliphatic heterocycles. The van der Waals surface area contributed by atoms with Gasteiger partial charge in [0.25, 0.3) is 0 Å². The zero-order valence-electron chi connectivity index (χ0n) is 7.85. The van der Waals surface area contributed by atoms with Gasteiger partial charge < -0.3 is 0 Å². The van der Waals surface area contributed by atoms with Crippen molar-refractivity contribution in [2.24, 2.45) is 0 Å². The zero-order valence-corrected chi connectivity index (χ0v) is 10.9. The molecule has 0 radical (unpaired) electrons. The summed E-state index contributed by atoms with van der Waals surface area (Å²) in [5, 5.41) is 1.64. The van der Waals surface area contributed by atoms with Gasteiger partial charge in [-0.2, -0.15) is 0 Å². The van der Waals surface area contributed by atoms with Gasteiger partial charge in [0.1, 0.15) is 5.15 Å². The molecule has 0 atom stereocenters. The predicted molar refractivity (Wildman–Crippen MR) is 69.7 cm³/mol. The second-order valence-electron chi connectivity index (χ2n) is 3.06. The van der Waals surface area contributed by atoms with Crippen LogP contribution in [0.1, 0.15) is 0 Å². The molecule has 1 nitrogen and oxygen atoms in total. The summed E-state index contributed by atoms with van der Waals surface area (Å²) >= 11 is 24.1. The maximum atomic E-state index is 6.10. The quantitative estimate of drug-likeness (QED) is 0.509. The molecule has 0 aliphatic rings. The van der Waals surface area contributed by atoms with Crippen molar-refractivity contribution in [3.63, 3.8) is 0 Å². The van der Waals surface area contributed by atoms with E-state index < -0.39 is 0 Å². The first kappa shape index (κ1) is 12.0. The Hall–Kier alpha value is -0.470. The lowest BCUT2D eigenvalue weighted by Crippen LogP contribution is -1.86. The third-order valence-electron chi connectivity index (χ3n) is 2.07. The Morgan fingerprint density at radius 3 is 2.25 bits per heavy atom. The van der Waals surface area contributed by atoms with Crippen molar-refractivity contribution in [1.82, 2.24) is 4.98 Å². The van der Waals surface area contributed by atoms with E-state index in [4.69, 9.17) is 46.4 Å². The van der Waals surface area contributed by atoms with Crippen molar-refractivity contribution in [2.45, 2.75) is 0 Å². The maximum Gasteiger partial charge on any atom is 0.136 e. The first-order valence-corrected chi connectivity index (χ1v) is 5.87. The molecular formula is C11H5Cl4N. The number of hydrogen-bond acceptors (Lipinski definition) is 1. The molecule has 2 rings (SSSR count). The van der Waals surface area contributed by atoms with Gasteiger partial charge in [0.05, 0.1) is 15.1 Å². The molecule has 0 aliphatic carbocycles. The third-order valence-corrected chi connectivity index (χ3v) is 3.49. The monoisotopic (exact) mass is 291 g/mol. The van der Waals surface area contributed by atoms with Crippen LogP contribution in [0.25, 0.3) is 11.1 Å². The second kappa shape index (κ2) is 4.80. The van der Waals surface area contributed by atoms with Gasteiger partial charge in [0.2, 0.25) is 0 Å². The van der Waals surface area contributed by atoms with Crippen LogP contribution < -0.4 is 0 Å². The van der Waals surface area contributed by atoms with Gasteiger partial charge in [-0.1, -0.05) is 46.4 Å². The van der Waals surface area contributed by atoms with Crippen LogP contribution in [-0.4, -0.2) is 4.98 Å². The Kier molecular flexibility index (Phi) is 3.60. The standard InChI is InChI=1S/C11H5Cl4N/c12-7-3-4-8(13)10(14)9(7)6-2-1-5-16-11(6)15/h1-5H. The van der Waals surface area contributed by atoms with Crippen LogP contribution >= 0.6 is 46.4 Å². The van der Waals surface area contributed by atoms with Gasteiger partial charge in [0.15, 0.2) is 0 Å². The Balaban J connectivity index is 2.74. The lowest BCUT2D eigenvalue weighted by Gasteiger charge is -2.09. The number of hydrogen-bond donors (Lipinski definition) is 0. The Morgan fingerprint density at radius 1 is 0.875 bits per heavy atom. The molecule has 0 unspecified atom stereocenters. The summed E-state index contributed by atoms with van der Waals surface area (Å²) < 4.78 is 0. The molecule has 16 heavy (non-hydrogen) atoms. The van der Waals surface area contributed by atoms with E-state index in [2.05, 4.69) is 4.98 Å². The lowest BCUT2D eigenvalue weighted by atomic mass is 10.1. The summed E-state index contributed by atoms with van der Waals surface area (Å²) in [7, 11) is 0. The van der Waals surface area contributed by atoms with Crippen LogP contribution in [-0.2, 0) is 0 Å². The number of halogens is 4. The van der Waals surface area contributed by atoms with E-state index in [1.165, 1.54) is 0 Å². The zero-order chi connectivity index (χ0) is 11.7. The largest absolute Gasteiger partial charge is 0.244 e. The fraction of sp³-hybridized carbons (Fsp3) is 0. The van der Waals surface area contributed by atoms with Gasteiger partial charge in [0, 0.05) is 17.3 Å². The van der Waals surface area contributed by atoms with Crippen molar-refractivity contribution in [1.29, 1.82) is 0 Å². The molecule has 0 amide bonds. The van der Waals surface area contributed by atoms with Gasteiger partial charge in [-0.05, 0) is 24.3 Å². The summed E-state index contributed by atoms with van der Waals surface area (Å²) in [5.74, 6) is 0. The minimum absolute atomic E-state index is 0.341. The van der Waals surface area contributed by atoms with Crippen molar-refractivity contribution < 1.29 is 0 Å². The summed E-state index contributed by atoms with van der Waals surface area (Å²) in [6, 6.07) is 6.86. The van der Waals surface area contributed by atoms with E-state index in [0.29, 0.717) is 31.3 Å². The van der Waals surface area contributed by atoms with Crippen molar-refractivity contribution in [2.75, 3.05) is 0 Å². The topological polar surface area (TPSA) is 12.9 Å². The fourth-order valence-electron chi connectivity index (χ4n) is 1.35. The number of pyridine rings is 1. The van der Waals surface area contributed by atoms with Crippen LogP contribution in [0.3, 0.4) is 0 Å². The van der Waals surface area contributed by atoms with E-state index in [0.717, 1.165) is 0 Å². The molecule has 2 aromatic rings. The fourth-order valence-corrected chi connectivity index (χ4v) is 2.29. The Labute approximate surface area is 113 Å². The molecule has 0 bridgehead atoms. The molecule has 5 heteroatoms. The van der Waals surface area contributed by atoms with Crippen LogP contribution in [0.15, 0.2) is 30.5 Å². The molecule has 1 heterocycles. The molecule has 1 aromatic carbocycles. The van der Waals surface area contributed by atoms with E-state index in [1.54, 1.807) is 30.5 Å². The molecule has 0 saturated heterocycles. The summed E-state index contributed by atoms with van der Waals surface area (Å²) in [5.41, 5.74) is 1.27. The number of rotatable bonds is 1. The summed E-state index contributed by atoms with van der Waals surface area (Å²) in [6.07, 6.45) is 1.60. The van der Waals surface area contributed by atoms with Gasteiger partial charge in [-0.3, -0.25) is 0 Å². The second-order valence-corrected chi connectivity index (χ2v) is 4.61. The Morgan fingerprint density at radius 2 is 1.56 bits per heavy atom. The van der Waals surface area contributed by atoms with E-state index in [1.807, 2.05) is 0 Å². The minimum atomic E-state index is 0.341. The first-order chi connectivity index (χ1) is 7.61. The highest BCUT2D eigenvalue weighted by Crippen LogP contribution is 2.40. The van der Waals surface area contributed by atoms with E-state index >= 15 is 0 Å². The third kappa shape index (κ3) is 2.14. The van der Waals surface area contributed by atoms with Crippen molar-refractivity contribution in [3.05, 3.63) is 50.7 Å². The number of nitrogens with zero attached hydrogens (tertiary/aromatic N) is 1. The molecule has 1 aromatic heterocycles. The van der Waals surface area contributed by atoms with Gasteiger partial charge >= 0.3 is 0 Å². The predicted octanol–water partition coefficient (Wildman–Crippen LogP) is 5.36. The summed E-state index contributed by atoms with van der Waals surface area (Å²) in [6.45, 7) is 0. The normalized spacial score (nSPS) is 10.5. The first-order valence-electron chi connectivity index (χ1n) is 4.35. The highest BCUT2D eigenvalue weighted by molar-refractivity contribution is 6.46. The van der Waals surface area contributed by atoms with E-state index in [-0.39, 0.29) is 0 Å². The van der Waals surface area contributed by atoms with Crippen LogP contribution in [0.2, 0.25) is 20.2 Å². The van der Waals surface area contributed by atoms with Crippen LogP contribution in [0, 0.1) is 0 Å². The van der Waals surface area contributed by atoms with Gasteiger partial charge in [-0.25, -0.2) is 4.98 Å². The maximum absolute atomic E-state index is 6.10. The average Bonchev–Trinajstić information content (AvgIpc) is 2.27. The molecule has 82 valence electrons. The van der Waals surface area contributed by atoms with Crippen molar-refractivity contribution in [3.8, 4) is 11.1 Å². The highest BCUT2D eigenvalue weighted by atomic mass is 35.5. The van der Waals surface area contributed by atoms with Crippen LogP contribution in [0.4, 0.5) is 0 Å². The van der Waals surface area contributed by atoms with Crippen molar-refractivity contribution >= 4 is 46.4 Å². The molecule has 0 spiro atoms. The van der Waals surface area contributed by atoms with E-state index in [9.17, 15) is 0 Å². The lowest BCUT2D eigenvalue weighted by molar-refractivity contribution is 1.33. The SMILES string of the molecule is Clc1ccc(Cl)c(-c2cccnc2Cl)c1Cl. The van der Waals surface area contributed by atoms with Crippen LogP contribution in [0.5, 0.6) is 0 Å². The molecule has 0 fully saturated rings.